The number of benzene rings is 1. The van der Waals surface area contributed by atoms with Crippen molar-refractivity contribution in [3.05, 3.63) is 94.1 Å². The molecule has 0 saturated heterocycles. The molecule has 0 amide bonds. The van der Waals surface area contributed by atoms with Crippen LogP contribution in [-0.4, -0.2) is 19.5 Å². The van der Waals surface area contributed by atoms with E-state index in [1.165, 1.54) is 296 Å². The average molecular weight is 1060 g/mol. The van der Waals surface area contributed by atoms with E-state index in [0.29, 0.717) is 0 Å². The van der Waals surface area contributed by atoms with Gasteiger partial charge in [0.05, 0.1) is 33.8 Å². The fraction of sp³-hybridized carbons (Fsp3) is 0.649. The summed E-state index contributed by atoms with van der Waals surface area (Å²) in [6.45, 7) is 10.3. The Morgan fingerprint density at radius 2 is 0.731 bits per heavy atom. The Labute approximate surface area is 479 Å². The van der Waals surface area contributed by atoms with Crippen molar-refractivity contribution >= 4 is 46.4 Å². The Kier molecular flexibility index (Phi) is 31.7. The minimum atomic E-state index is 0.971. The number of aromatic amines is 1. The van der Waals surface area contributed by atoms with Gasteiger partial charge in [0.1, 0.15) is 0 Å². The predicted molar refractivity (Wildman–Crippen MR) is 346 cm³/mol. The summed E-state index contributed by atoms with van der Waals surface area (Å²) >= 11 is 0. The molecule has 0 aliphatic carbocycles. The number of nitrogens with one attached hydrogen (secondary N) is 1. The van der Waals surface area contributed by atoms with Gasteiger partial charge in [-0.05, 0) is 116 Å². The highest BCUT2D eigenvalue weighted by Crippen LogP contribution is 2.40. The van der Waals surface area contributed by atoms with Crippen molar-refractivity contribution in [2.75, 3.05) is 0 Å². The Hall–Kier alpha value is -4.18. The first kappa shape index (κ1) is 63.0. The second-order valence-corrected chi connectivity index (χ2v) is 24.2. The van der Waals surface area contributed by atoms with E-state index in [2.05, 4.69) is 116 Å². The summed E-state index contributed by atoms with van der Waals surface area (Å²) in [5, 5.41) is 0. The van der Waals surface area contributed by atoms with Crippen LogP contribution in [-0.2, 0) is 25.8 Å². The van der Waals surface area contributed by atoms with E-state index in [9.17, 15) is 0 Å². The first-order valence-corrected chi connectivity index (χ1v) is 33.8. The zero-order valence-electron chi connectivity index (χ0n) is 51.0. The number of rotatable bonds is 45. The minimum absolute atomic E-state index is 0.971. The van der Waals surface area contributed by atoms with Crippen molar-refractivity contribution in [3.63, 3.8) is 0 Å². The van der Waals surface area contributed by atoms with Gasteiger partial charge in [-0.15, -0.1) is 0 Å². The second kappa shape index (κ2) is 39.3. The van der Waals surface area contributed by atoms with Crippen LogP contribution in [0.4, 0.5) is 0 Å². The molecular formula is C74H114N4. The van der Waals surface area contributed by atoms with E-state index in [4.69, 9.17) is 9.97 Å². The molecule has 0 fully saturated rings. The first-order valence-electron chi connectivity index (χ1n) is 33.8. The van der Waals surface area contributed by atoms with Crippen LogP contribution in [0.1, 0.15) is 324 Å². The Morgan fingerprint density at radius 1 is 0.359 bits per heavy atom. The third-order valence-electron chi connectivity index (χ3n) is 17.3. The minimum Gasteiger partial charge on any atom is -0.355 e. The highest BCUT2D eigenvalue weighted by Gasteiger charge is 2.23. The number of aryl methyl sites for hydroxylation is 4. The predicted octanol–water partition coefficient (Wildman–Crippen LogP) is 24.1. The largest absolute Gasteiger partial charge is 0.355 e. The van der Waals surface area contributed by atoms with Crippen molar-refractivity contribution in [2.24, 2.45) is 0 Å². The van der Waals surface area contributed by atoms with Gasteiger partial charge in [-0.1, -0.05) is 289 Å². The smallest absolute Gasteiger partial charge is 0.0659 e. The van der Waals surface area contributed by atoms with E-state index in [1.807, 2.05) is 0 Å². The van der Waals surface area contributed by atoms with E-state index in [1.54, 1.807) is 11.1 Å². The van der Waals surface area contributed by atoms with E-state index < -0.39 is 0 Å². The van der Waals surface area contributed by atoms with Crippen LogP contribution < -0.4 is 0 Å². The van der Waals surface area contributed by atoms with Gasteiger partial charge in [0.15, 0.2) is 0 Å². The molecule has 6 rings (SSSR count). The molecule has 0 unspecified atom stereocenters. The van der Waals surface area contributed by atoms with Crippen molar-refractivity contribution in [1.29, 1.82) is 0 Å². The maximum absolute atomic E-state index is 5.34. The maximum Gasteiger partial charge on any atom is 0.0659 e. The molecule has 1 aromatic carbocycles. The highest BCUT2D eigenvalue weighted by molar-refractivity contribution is 5.95. The molecule has 78 heavy (non-hydrogen) atoms. The van der Waals surface area contributed by atoms with Gasteiger partial charge in [-0.25, -0.2) is 9.97 Å². The van der Waals surface area contributed by atoms with Crippen molar-refractivity contribution < 1.29 is 0 Å². The summed E-state index contributed by atoms with van der Waals surface area (Å²) in [6.07, 6.45) is 66.2. The average Bonchev–Trinajstić information content (AvgIpc) is 4.42. The number of unbranched alkanes of at least 4 members (excludes halogenated alkanes) is 36. The molecule has 2 aliphatic heterocycles. The summed E-state index contributed by atoms with van der Waals surface area (Å²) in [5.41, 5.74) is 16.9. The lowest BCUT2D eigenvalue weighted by atomic mass is 9.94. The summed E-state index contributed by atoms with van der Waals surface area (Å²) in [7, 11) is 0. The van der Waals surface area contributed by atoms with Crippen molar-refractivity contribution in [1.82, 2.24) is 19.5 Å². The molecule has 8 bridgehead atoms. The third-order valence-corrected chi connectivity index (χ3v) is 17.3. The Bertz CT molecular complexity index is 2450. The van der Waals surface area contributed by atoms with Crippen molar-refractivity contribution in [3.8, 4) is 11.1 Å². The lowest BCUT2D eigenvalue weighted by Gasteiger charge is -2.14. The van der Waals surface area contributed by atoms with Crippen LogP contribution in [0, 0.1) is 0 Å². The molecule has 4 nitrogen and oxygen atoms in total. The first-order chi connectivity index (χ1) is 38.6. The molecule has 1 N–H and O–H groups in total. The van der Waals surface area contributed by atoms with E-state index >= 15 is 0 Å². The number of nitrogens with zero attached hydrogens (tertiary/aromatic N) is 3. The van der Waals surface area contributed by atoms with Crippen LogP contribution in [0.5, 0.6) is 0 Å². The van der Waals surface area contributed by atoms with Crippen LogP contribution in [0.2, 0.25) is 0 Å². The quantitative estimate of drug-likeness (QED) is 0.0387. The van der Waals surface area contributed by atoms with Gasteiger partial charge in [-0.2, -0.15) is 0 Å². The molecule has 0 atom stereocenters. The van der Waals surface area contributed by atoms with Gasteiger partial charge in [0.25, 0.3) is 0 Å². The van der Waals surface area contributed by atoms with Gasteiger partial charge < -0.3 is 9.55 Å². The van der Waals surface area contributed by atoms with E-state index in [-0.39, 0.29) is 0 Å². The van der Waals surface area contributed by atoms with Crippen LogP contribution in [0.15, 0.2) is 54.6 Å². The fourth-order valence-electron chi connectivity index (χ4n) is 12.7. The van der Waals surface area contributed by atoms with Crippen LogP contribution in [0.3, 0.4) is 0 Å². The number of hydrogen-bond donors (Lipinski definition) is 1. The SMILES string of the molecule is CCCCCCCCCCCCc1cc2cc3nc(cc4nc(cc5c(-c6ccccc6)c(CCCCCCCCCCCC)c(c(CCCCCCCCCCCC)c1[nH]2)n5CCCCCCCCCCCC)C=C4)C=C3. The molecular weight excluding hydrogens is 945 g/mol. The number of hydrogen-bond acceptors (Lipinski definition) is 2. The summed E-state index contributed by atoms with van der Waals surface area (Å²) in [5.74, 6) is 0. The summed E-state index contributed by atoms with van der Waals surface area (Å²) < 4.78 is 2.87. The van der Waals surface area contributed by atoms with E-state index in [0.717, 1.165) is 48.6 Å². The molecule has 4 heteroatoms. The zero-order valence-corrected chi connectivity index (χ0v) is 51.0. The molecule has 0 spiro atoms. The van der Waals surface area contributed by atoms with Gasteiger partial charge >= 0.3 is 0 Å². The molecule has 3 aromatic heterocycles. The second-order valence-electron chi connectivity index (χ2n) is 24.2. The Morgan fingerprint density at radius 3 is 1.18 bits per heavy atom. The molecule has 0 radical (unpaired) electrons. The monoisotopic (exact) mass is 1060 g/mol. The lowest BCUT2D eigenvalue weighted by molar-refractivity contribution is 0.540. The number of H-pyrrole nitrogens is 1. The zero-order chi connectivity index (χ0) is 54.5. The molecule has 430 valence electrons. The summed E-state index contributed by atoms with van der Waals surface area (Å²) in [4.78, 5) is 14.7. The number of fused-ring (bicyclic) bond motifs is 8. The van der Waals surface area contributed by atoms with Gasteiger partial charge in [-0.3, -0.25) is 0 Å². The number of aromatic nitrogens is 4. The Balaban J connectivity index is 1.48. The van der Waals surface area contributed by atoms with Crippen LogP contribution >= 0.6 is 0 Å². The van der Waals surface area contributed by atoms with Crippen molar-refractivity contribution in [2.45, 2.75) is 310 Å². The standard InChI is InChI=1S/C74H114N4/c1-5-9-13-17-21-25-29-33-37-42-50-63-58-68-60-66-54-53-64(75-66)59-65-55-56-67(76-65)61-71-72(62-48-43-41-44-49-62)69(51-45-38-34-30-26-22-18-14-10-6-2)74(78(71)57-47-40-36-32-28-24-20-16-12-8-4)70(73(63)77-68)52-46-39-35-31-27-23-19-15-11-7-3/h41,43-44,48-49,53-56,58-61,77H,5-40,42,45-47,50-52,57H2,1-4H3. The molecule has 5 heterocycles. The summed E-state index contributed by atoms with van der Waals surface area (Å²) in [6, 6.07) is 21.1. The van der Waals surface area contributed by atoms with Gasteiger partial charge in [0.2, 0.25) is 0 Å². The molecule has 2 aliphatic rings. The maximum atomic E-state index is 5.34. The highest BCUT2D eigenvalue weighted by atomic mass is 15.0. The topological polar surface area (TPSA) is 46.5 Å². The third kappa shape index (κ3) is 22.8. The molecule has 0 saturated carbocycles. The molecule has 4 aromatic rings. The lowest BCUT2D eigenvalue weighted by Crippen LogP contribution is -2.03. The normalized spacial score (nSPS) is 12.2. The van der Waals surface area contributed by atoms with Gasteiger partial charge in [0, 0.05) is 23.1 Å². The fourth-order valence-corrected chi connectivity index (χ4v) is 12.7. The van der Waals surface area contributed by atoms with Crippen LogP contribution in [0.25, 0.3) is 57.5 Å².